The molecular weight excluding hydrogens is 368 g/mol. The summed E-state index contributed by atoms with van der Waals surface area (Å²) >= 11 is 0. The van der Waals surface area contributed by atoms with Gasteiger partial charge in [-0.25, -0.2) is 4.79 Å². The van der Waals surface area contributed by atoms with Crippen LogP contribution in [0.5, 0.6) is 17.2 Å². The first-order chi connectivity index (χ1) is 14.1. The second-order valence-corrected chi connectivity index (χ2v) is 7.95. The van der Waals surface area contributed by atoms with Crippen LogP contribution in [0.15, 0.2) is 12.1 Å². The number of ether oxygens (including phenoxy) is 1. The quantitative estimate of drug-likeness (QED) is 0.149. The maximum absolute atomic E-state index is 11.9. The van der Waals surface area contributed by atoms with Gasteiger partial charge in [0.05, 0.1) is 12.2 Å². The monoisotopic (exact) mass is 408 g/mol. The van der Waals surface area contributed by atoms with Crippen LogP contribution in [0.2, 0.25) is 0 Å². The number of rotatable bonds is 17. The van der Waals surface area contributed by atoms with Crippen molar-refractivity contribution in [2.24, 2.45) is 0 Å². The first-order valence-electron chi connectivity index (χ1n) is 11.5. The van der Waals surface area contributed by atoms with Crippen molar-refractivity contribution in [3.05, 3.63) is 17.7 Å². The SMILES string of the molecule is CCCCCCCCCCCCCCCCCOC(=O)c1cc(O)c(O)c(O)c1. The van der Waals surface area contributed by atoms with E-state index in [9.17, 15) is 20.1 Å². The number of unbranched alkanes of at least 4 members (excludes halogenated alkanes) is 14. The minimum absolute atomic E-state index is 0.0266. The lowest BCUT2D eigenvalue weighted by Crippen LogP contribution is -2.06. The molecule has 0 unspecified atom stereocenters. The third-order valence-corrected chi connectivity index (χ3v) is 5.29. The van der Waals surface area contributed by atoms with E-state index in [4.69, 9.17) is 4.74 Å². The van der Waals surface area contributed by atoms with Gasteiger partial charge in [0, 0.05) is 0 Å². The molecule has 0 fully saturated rings. The molecule has 1 aromatic carbocycles. The molecule has 5 heteroatoms. The Labute approximate surface area is 176 Å². The Morgan fingerprint density at radius 3 is 1.48 bits per heavy atom. The van der Waals surface area contributed by atoms with Gasteiger partial charge in [-0.2, -0.15) is 0 Å². The zero-order valence-electron chi connectivity index (χ0n) is 18.1. The molecule has 0 radical (unpaired) electrons. The molecule has 0 bridgehead atoms. The number of aromatic hydroxyl groups is 3. The molecule has 0 spiro atoms. The summed E-state index contributed by atoms with van der Waals surface area (Å²) in [6, 6.07) is 2.17. The van der Waals surface area contributed by atoms with Gasteiger partial charge in [-0.1, -0.05) is 96.8 Å². The van der Waals surface area contributed by atoms with Crippen LogP contribution in [-0.2, 0) is 4.74 Å². The third kappa shape index (κ3) is 11.6. The highest BCUT2D eigenvalue weighted by molar-refractivity contribution is 5.91. The van der Waals surface area contributed by atoms with Crippen molar-refractivity contribution in [2.75, 3.05) is 6.61 Å². The Bertz CT molecular complexity index is 547. The van der Waals surface area contributed by atoms with Crippen molar-refractivity contribution in [2.45, 2.75) is 103 Å². The molecule has 166 valence electrons. The molecule has 0 heterocycles. The van der Waals surface area contributed by atoms with E-state index < -0.39 is 23.2 Å². The van der Waals surface area contributed by atoms with E-state index in [1.165, 1.54) is 77.0 Å². The second-order valence-electron chi connectivity index (χ2n) is 7.95. The first-order valence-corrected chi connectivity index (χ1v) is 11.5. The molecule has 1 rings (SSSR count). The molecule has 3 N–H and O–H groups in total. The molecule has 1 aromatic rings. The molecule has 0 amide bonds. The zero-order chi connectivity index (χ0) is 21.3. The number of esters is 1. The molecule has 0 aliphatic rings. The summed E-state index contributed by atoms with van der Waals surface area (Å²) in [7, 11) is 0. The molecule has 5 nitrogen and oxygen atoms in total. The average Bonchev–Trinajstić information content (AvgIpc) is 2.71. The fourth-order valence-corrected chi connectivity index (χ4v) is 3.44. The van der Waals surface area contributed by atoms with Gasteiger partial charge in [0.15, 0.2) is 17.2 Å². The Morgan fingerprint density at radius 1 is 0.690 bits per heavy atom. The molecule has 29 heavy (non-hydrogen) atoms. The van der Waals surface area contributed by atoms with Crippen LogP contribution in [0.3, 0.4) is 0 Å². The second kappa shape index (κ2) is 15.9. The zero-order valence-corrected chi connectivity index (χ0v) is 18.1. The van der Waals surface area contributed by atoms with Gasteiger partial charge in [-0.15, -0.1) is 0 Å². The Hall–Kier alpha value is -1.91. The van der Waals surface area contributed by atoms with Crippen molar-refractivity contribution in [3.63, 3.8) is 0 Å². The topological polar surface area (TPSA) is 87.0 Å². The Balaban J connectivity index is 1.91. The Kier molecular flexibility index (Phi) is 13.8. The van der Waals surface area contributed by atoms with Crippen molar-refractivity contribution >= 4 is 5.97 Å². The smallest absolute Gasteiger partial charge is 0.338 e. The van der Waals surface area contributed by atoms with Crippen LogP contribution in [-0.4, -0.2) is 27.9 Å². The van der Waals surface area contributed by atoms with Crippen LogP contribution in [0.4, 0.5) is 0 Å². The third-order valence-electron chi connectivity index (χ3n) is 5.29. The van der Waals surface area contributed by atoms with Crippen molar-refractivity contribution in [3.8, 4) is 17.2 Å². The van der Waals surface area contributed by atoms with Crippen LogP contribution >= 0.6 is 0 Å². The molecule has 0 saturated heterocycles. The van der Waals surface area contributed by atoms with Gasteiger partial charge in [-0.05, 0) is 18.6 Å². The van der Waals surface area contributed by atoms with E-state index in [0.29, 0.717) is 6.61 Å². The number of carbonyl (C=O) groups is 1. The highest BCUT2D eigenvalue weighted by Gasteiger charge is 2.14. The summed E-state index contributed by atoms with van der Waals surface area (Å²) in [5.74, 6) is -2.32. The van der Waals surface area contributed by atoms with Gasteiger partial charge in [0.25, 0.3) is 0 Å². The molecule has 0 atom stereocenters. The van der Waals surface area contributed by atoms with Gasteiger partial charge < -0.3 is 20.1 Å². The standard InChI is InChI=1S/C24H40O5/c1-2-3-4-5-6-7-8-9-10-11-12-13-14-15-16-17-29-24(28)20-18-21(25)23(27)22(26)19-20/h18-19,25-27H,2-17H2,1H3. The lowest BCUT2D eigenvalue weighted by atomic mass is 10.0. The number of phenolic OH excluding ortho intramolecular Hbond substituents is 3. The maximum atomic E-state index is 11.9. The summed E-state index contributed by atoms with van der Waals surface area (Å²) in [6.07, 6.45) is 19.2. The van der Waals surface area contributed by atoms with Crippen LogP contribution in [0.1, 0.15) is 114 Å². The molecule has 0 aliphatic carbocycles. The predicted octanol–water partition coefficient (Wildman–Crippen LogP) is 6.83. The van der Waals surface area contributed by atoms with Gasteiger partial charge in [0.1, 0.15) is 0 Å². The summed E-state index contributed by atoms with van der Waals surface area (Å²) in [4.78, 5) is 11.9. The van der Waals surface area contributed by atoms with Gasteiger partial charge in [0.2, 0.25) is 0 Å². The van der Waals surface area contributed by atoms with E-state index >= 15 is 0 Å². The van der Waals surface area contributed by atoms with E-state index in [1.54, 1.807) is 0 Å². The van der Waals surface area contributed by atoms with Crippen LogP contribution in [0.25, 0.3) is 0 Å². The summed E-state index contributed by atoms with van der Waals surface area (Å²) in [5, 5.41) is 28.1. The minimum atomic E-state index is -0.635. The molecular formula is C24H40O5. The summed E-state index contributed by atoms with van der Waals surface area (Å²) < 4.78 is 5.15. The minimum Gasteiger partial charge on any atom is -0.504 e. The van der Waals surface area contributed by atoms with Gasteiger partial charge in [-0.3, -0.25) is 0 Å². The fourth-order valence-electron chi connectivity index (χ4n) is 3.44. The van der Waals surface area contributed by atoms with Gasteiger partial charge >= 0.3 is 5.97 Å². The number of hydrogen-bond acceptors (Lipinski definition) is 5. The highest BCUT2D eigenvalue weighted by atomic mass is 16.5. The van der Waals surface area contributed by atoms with E-state index in [1.807, 2.05) is 0 Å². The predicted molar refractivity (Wildman–Crippen MR) is 117 cm³/mol. The average molecular weight is 409 g/mol. The molecule has 0 aromatic heterocycles. The van der Waals surface area contributed by atoms with Crippen molar-refractivity contribution in [1.82, 2.24) is 0 Å². The number of benzene rings is 1. The van der Waals surface area contributed by atoms with Crippen LogP contribution < -0.4 is 0 Å². The lowest BCUT2D eigenvalue weighted by molar-refractivity contribution is 0.0496. The number of carbonyl (C=O) groups excluding carboxylic acids is 1. The summed E-state index contributed by atoms with van der Waals surface area (Å²) in [5.41, 5.74) is 0.0266. The lowest BCUT2D eigenvalue weighted by Gasteiger charge is -2.07. The van der Waals surface area contributed by atoms with Crippen molar-refractivity contribution in [1.29, 1.82) is 0 Å². The highest BCUT2D eigenvalue weighted by Crippen LogP contribution is 2.35. The Morgan fingerprint density at radius 2 is 1.07 bits per heavy atom. The van der Waals surface area contributed by atoms with E-state index in [2.05, 4.69) is 6.92 Å². The van der Waals surface area contributed by atoms with Crippen molar-refractivity contribution < 1.29 is 24.9 Å². The molecule has 0 aliphatic heterocycles. The maximum Gasteiger partial charge on any atom is 0.338 e. The van der Waals surface area contributed by atoms with E-state index in [0.717, 1.165) is 31.4 Å². The first kappa shape index (κ1) is 25.1. The molecule has 0 saturated carbocycles. The van der Waals surface area contributed by atoms with Crippen LogP contribution in [0, 0.1) is 0 Å². The fraction of sp³-hybridized carbons (Fsp3) is 0.708. The normalized spacial score (nSPS) is 10.9. The van der Waals surface area contributed by atoms with E-state index in [-0.39, 0.29) is 5.56 Å². The number of phenols is 3. The largest absolute Gasteiger partial charge is 0.504 e. The number of hydrogen-bond donors (Lipinski definition) is 3. The summed E-state index contributed by atoms with van der Waals surface area (Å²) in [6.45, 7) is 2.58.